The Bertz CT molecular complexity index is 1160. The molecule has 3 heterocycles. The fourth-order valence-electron chi connectivity index (χ4n) is 6.77. The molecule has 0 bridgehead atoms. The lowest BCUT2D eigenvalue weighted by atomic mass is 9.68. The third kappa shape index (κ3) is 4.82. The molecule has 7 nitrogen and oxygen atoms in total. The predicted molar refractivity (Wildman–Crippen MR) is 139 cm³/mol. The largest absolute Gasteiger partial charge is 0.501 e. The summed E-state index contributed by atoms with van der Waals surface area (Å²) in [4.78, 5) is 31.7. The van der Waals surface area contributed by atoms with Crippen molar-refractivity contribution in [3.8, 4) is 5.75 Å². The first-order chi connectivity index (χ1) is 17.4. The minimum atomic E-state index is -0.708. The molecular weight excluding hydrogens is 454 g/mol. The van der Waals surface area contributed by atoms with Crippen LogP contribution < -0.4 is 5.56 Å². The summed E-state index contributed by atoms with van der Waals surface area (Å²) in [6, 6.07) is 0. The number of hydrogen-bond donors (Lipinski definition) is 1. The summed E-state index contributed by atoms with van der Waals surface area (Å²) in [7, 11) is 0. The standard InChI is InChI=1S/C29H39N3O4/c1-20-9-11-22(12-10-21(2)18-20)29(13-3-4-14-29)15-7-8-23-30-27(34)26(33)25-28(35)31-16-5-6-17-36-24(31)19-32(23)25/h9-11,18,22,24,33H,3-8,12-17,19H2,1-2H3/b11-9+,20-18-,21-10-. The first-order valence-electron chi connectivity index (χ1n) is 13.7. The van der Waals surface area contributed by atoms with Crippen LogP contribution in [0.5, 0.6) is 5.75 Å². The molecule has 1 amide bonds. The van der Waals surface area contributed by atoms with Gasteiger partial charge in [-0.2, -0.15) is 4.98 Å². The van der Waals surface area contributed by atoms with Crippen LogP contribution in [0, 0.1) is 11.3 Å². The number of fused-ring (bicyclic) bond motifs is 2. The Kier molecular flexibility index (Phi) is 7.20. The molecule has 4 aliphatic rings. The highest BCUT2D eigenvalue weighted by atomic mass is 16.5. The fraction of sp³-hybridized carbons (Fsp3) is 0.621. The van der Waals surface area contributed by atoms with Gasteiger partial charge < -0.3 is 19.3 Å². The fourth-order valence-corrected chi connectivity index (χ4v) is 6.77. The van der Waals surface area contributed by atoms with Gasteiger partial charge in [0.2, 0.25) is 5.75 Å². The van der Waals surface area contributed by atoms with Crippen molar-refractivity contribution in [3.63, 3.8) is 0 Å². The lowest BCUT2D eigenvalue weighted by molar-refractivity contribution is -0.0496. The van der Waals surface area contributed by atoms with Gasteiger partial charge in [0.15, 0.2) is 11.9 Å². The van der Waals surface area contributed by atoms with E-state index in [-0.39, 0.29) is 23.2 Å². The number of aryl methyl sites for hydroxylation is 1. The van der Waals surface area contributed by atoms with Gasteiger partial charge in [-0.25, -0.2) is 0 Å². The van der Waals surface area contributed by atoms with Crippen molar-refractivity contribution < 1.29 is 14.6 Å². The molecule has 1 saturated heterocycles. The van der Waals surface area contributed by atoms with E-state index < -0.39 is 11.3 Å². The lowest BCUT2D eigenvalue weighted by Crippen LogP contribution is -2.50. The van der Waals surface area contributed by atoms with Gasteiger partial charge in [-0.05, 0) is 70.1 Å². The summed E-state index contributed by atoms with van der Waals surface area (Å²) >= 11 is 0. The summed E-state index contributed by atoms with van der Waals surface area (Å²) in [5.74, 6) is 0.218. The maximum absolute atomic E-state index is 13.3. The van der Waals surface area contributed by atoms with Gasteiger partial charge in [0.1, 0.15) is 5.82 Å². The van der Waals surface area contributed by atoms with Crippen molar-refractivity contribution in [2.24, 2.45) is 11.3 Å². The van der Waals surface area contributed by atoms with Crippen molar-refractivity contribution in [1.82, 2.24) is 14.5 Å². The van der Waals surface area contributed by atoms with Gasteiger partial charge in [-0.1, -0.05) is 48.3 Å². The van der Waals surface area contributed by atoms with Crippen molar-refractivity contribution in [1.29, 1.82) is 0 Å². The van der Waals surface area contributed by atoms with Crippen molar-refractivity contribution in [3.05, 3.63) is 57.3 Å². The molecule has 1 aromatic heterocycles. The molecule has 2 unspecified atom stereocenters. The average Bonchev–Trinajstić information content (AvgIpc) is 3.18. The van der Waals surface area contributed by atoms with E-state index in [0.29, 0.717) is 37.9 Å². The van der Waals surface area contributed by atoms with Gasteiger partial charge >= 0.3 is 5.56 Å². The molecule has 36 heavy (non-hydrogen) atoms. The third-order valence-electron chi connectivity index (χ3n) is 8.69. The topological polar surface area (TPSA) is 84.7 Å². The van der Waals surface area contributed by atoms with E-state index >= 15 is 0 Å². The van der Waals surface area contributed by atoms with E-state index in [0.717, 1.165) is 32.1 Å². The number of carbonyl (C=O) groups is 1. The summed E-state index contributed by atoms with van der Waals surface area (Å²) < 4.78 is 7.71. The minimum Gasteiger partial charge on any atom is -0.501 e. The predicted octanol–water partition coefficient (Wildman–Crippen LogP) is 4.89. The molecule has 2 aliphatic carbocycles. The number of amides is 1. The Morgan fingerprint density at radius 1 is 1.14 bits per heavy atom. The third-order valence-corrected chi connectivity index (χ3v) is 8.69. The van der Waals surface area contributed by atoms with Crippen molar-refractivity contribution in [2.45, 2.75) is 90.8 Å². The van der Waals surface area contributed by atoms with Gasteiger partial charge in [0.25, 0.3) is 5.91 Å². The molecule has 1 saturated carbocycles. The van der Waals surface area contributed by atoms with Crippen molar-refractivity contribution >= 4 is 5.91 Å². The molecular formula is C29H39N3O4. The number of ether oxygens (including phenoxy) is 1. The number of rotatable bonds is 5. The maximum atomic E-state index is 13.3. The molecule has 0 aromatic carbocycles. The van der Waals surface area contributed by atoms with E-state index in [9.17, 15) is 14.7 Å². The zero-order valence-electron chi connectivity index (χ0n) is 21.7. The normalized spacial score (nSPS) is 29.6. The van der Waals surface area contributed by atoms with Crippen LogP contribution in [0.15, 0.2) is 40.2 Å². The first-order valence-corrected chi connectivity index (χ1v) is 13.7. The monoisotopic (exact) mass is 493 g/mol. The second-order valence-electron chi connectivity index (χ2n) is 11.1. The number of carbonyl (C=O) groups excluding carboxylic acids is 1. The molecule has 0 spiro atoms. The van der Waals surface area contributed by atoms with Crippen LogP contribution in [0.25, 0.3) is 0 Å². The Morgan fingerprint density at radius 2 is 1.94 bits per heavy atom. The van der Waals surface area contributed by atoms with E-state index in [1.54, 1.807) is 9.47 Å². The van der Waals surface area contributed by atoms with Gasteiger partial charge in [-0.15, -0.1) is 0 Å². The second kappa shape index (κ2) is 10.4. The number of allylic oxidation sites excluding steroid dienone is 6. The van der Waals surface area contributed by atoms with E-state index in [1.165, 1.54) is 36.8 Å². The number of aromatic nitrogens is 2. The molecule has 2 atom stereocenters. The molecule has 0 radical (unpaired) electrons. The second-order valence-corrected chi connectivity index (χ2v) is 11.1. The molecule has 1 N–H and O–H groups in total. The van der Waals surface area contributed by atoms with Crippen LogP contribution in [0.1, 0.15) is 87.9 Å². The summed E-state index contributed by atoms with van der Waals surface area (Å²) in [6.07, 6.45) is 19.3. The van der Waals surface area contributed by atoms with Crippen LogP contribution in [-0.4, -0.2) is 44.8 Å². The van der Waals surface area contributed by atoms with Crippen LogP contribution in [0.2, 0.25) is 0 Å². The summed E-state index contributed by atoms with van der Waals surface area (Å²) in [5.41, 5.74) is 2.24. The molecule has 2 fully saturated rings. The Labute approximate surface area is 213 Å². The summed E-state index contributed by atoms with van der Waals surface area (Å²) in [6.45, 7) is 5.94. The SMILES string of the molecule is CC1=C/CC(C2(CCCc3nc(=O)c(O)c4n3CC3OCCCCN3C4=O)CCCC2)/C=C/C(C)=C\1. The highest BCUT2D eigenvalue weighted by molar-refractivity contribution is 5.95. The summed E-state index contributed by atoms with van der Waals surface area (Å²) in [5, 5.41) is 10.5. The highest BCUT2D eigenvalue weighted by Gasteiger charge is 2.40. The van der Waals surface area contributed by atoms with Gasteiger partial charge in [0, 0.05) is 19.6 Å². The highest BCUT2D eigenvalue weighted by Crippen LogP contribution is 2.50. The Morgan fingerprint density at radius 3 is 2.75 bits per heavy atom. The van der Waals surface area contributed by atoms with Crippen LogP contribution in [-0.2, 0) is 17.7 Å². The minimum absolute atomic E-state index is 0.0770. The molecule has 2 aliphatic heterocycles. The number of aromatic hydroxyl groups is 1. The molecule has 5 rings (SSSR count). The average molecular weight is 494 g/mol. The number of nitrogens with zero attached hydrogens (tertiary/aromatic N) is 3. The first kappa shape index (κ1) is 25.0. The maximum Gasteiger partial charge on any atom is 0.315 e. The van der Waals surface area contributed by atoms with Gasteiger partial charge in [-0.3, -0.25) is 9.59 Å². The van der Waals surface area contributed by atoms with Crippen LogP contribution >= 0.6 is 0 Å². The molecule has 1 aromatic rings. The Hall–Kier alpha value is -2.67. The molecule has 7 heteroatoms. The molecule has 194 valence electrons. The smallest absolute Gasteiger partial charge is 0.315 e. The van der Waals surface area contributed by atoms with Crippen LogP contribution in [0.4, 0.5) is 0 Å². The van der Waals surface area contributed by atoms with Gasteiger partial charge in [0.05, 0.1) is 6.54 Å². The zero-order chi connectivity index (χ0) is 25.3. The quantitative estimate of drug-likeness (QED) is 0.631. The number of hydrogen-bond acceptors (Lipinski definition) is 5. The Balaban J connectivity index is 1.38. The zero-order valence-corrected chi connectivity index (χ0v) is 21.7. The van der Waals surface area contributed by atoms with Crippen LogP contribution in [0.3, 0.4) is 0 Å². The van der Waals surface area contributed by atoms with Crippen molar-refractivity contribution in [2.75, 3.05) is 13.2 Å². The van der Waals surface area contributed by atoms with E-state index in [4.69, 9.17) is 4.74 Å². The van der Waals surface area contributed by atoms with E-state index in [1.807, 2.05) is 0 Å². The van der Waals surface area contributed by atoms with E-state index in [2.05, 4.69) is 43.1 Å². The lowest BCUT2D eigenvalue weighted by Gasteiger charge is -2.37.